The van der Waals surface area contributed by atoms with Crippen molar-refractivity contribution in [3.63, 3.8) is 0 Å². The minimum Gasteiger partial charge on any atom is -0.491 e. The molecule has 2 amide bonds. The molecule has 3 aromatic rings. The van der Waals surface area contributed by atoms with Crippen LogP contribution in [0.1, 0.15) is 30.1 Å². The molecule has 4 rings (SSSR count). The molecule has 1 atom stereocenters. The van der Waals surface area contributed by atoms with Crippen molar-refractivity contribution < 1.29 is 19.1 Å². The monoisotopic (exact) mass is 437 g/mol. The average molecular weight is 438 g/mol. The largest absolute Gasteiger partial charge is 0.491 e. The minimum atomic E-state index is -0.229. The fourth-order valence-corrected chi connectivity index (χ4v) is 3.94. The van der Waals surface area contributed by atoms with E-state index in [9.17, 15) is 9.59 Å². The van der Waals surface area contributed by atoms with Gasteiger partial charge in [-0.3, -0.25) is 14.9 Å². The van der Waals surface area contributed by atoms with E-state index in [1.165, 1.54) is 18.3 Å². The quantitative estimate of drug-likeness (QED) is 0.565. The second-order valence-electron chi connectivity index (χ2n) is 7.22. The molecule has 1 fully saturated rings. The van der Waals surface area contributed by atoms with Crippen molar-refractivity contribution >= 4 is 34.0 Å². The second-order valence-corrected chi connectivity index (χ2v) is 8.08. The first-order chi connectivity index (χ1) is 15.1. The number of hydrogen-bond donors (Lipinski definition) is 2. The maximum atomic E-state index is 12.5. The Bertz CT molecular complexity index is 1040. The molecule has 1 aliphatic heterocycles. The standard InChI is InChI=1S/C23H23N3O4S/c1-15(27)24-18-8-4-16(5-9-18)21-14-31-23(25-21)26-22(28)17-6-10-19(11-7-17)30-13-20-3-2-12-29-20/h4-11,14,20H,2-3,12-13H2,1H3,(H,24,27)(H,25,26,28). The topological polar surface area (TPSA) is 89.6 Å². The van der Waals surface area contributed by atoms with E-state index in [-0.39, 0.29) is 17.9 Å². The number of nitrogens with one attached hydrogen (secondary N) is 2. The maximum Gasteiger partial charge on any atom is 0.257 e. The van der Waals surface area contributed by atoms with Gasteiger partial charge >= 0.3 is 0 Å². The molecule has 2 heterocycles. The highest BCUT2D eigenvalue weighted by Gasteiger charge is 2.16. The Morgan fingerprint density at radius 3 is 2.58 bits per heavy atom. The molecular weight excluding hydrogens is 414 g/mol. The molecule has 31 heavy (non-hydrogen) atoms. The van der Waals surface area contributed by atoms with Crippen molar-refractivity contribution in [2.24, 2.45) is 0 Å². The number of ether oxygens (including phenoxy) is 2. The smallest absolute Gasteiger partial charge is 0.257 e. The lowest BCUT2D eigenvalue weighted by Gasteiger charge is -2.11. The van der Waals surface area contributed by atoms with Crippen LogP contribution in [0.25, 0.3) is 11.3 Å². The molecule has 0 aliphatic carbocycles. The zero-order valence-electron chi connectivity index (χ0n) is 17.1. The number of carbonyl (C=O) groups excluding carboxylic acids is 2. The summed E-state index contributed by atoms with van der Waals surface area (Å²) < 4.78 is 11.3. The molecule has 0 bridgehead atoms. The number of amides is 2. The molecular formula is C23H23N3O4S. The first-order valence-electron chi connectivity index (χ1n) is 10.1. The number of hydrogen-bond acceptors (Lipinski definition) is 6. The van der Waals surface area contributed by atoms with E-state index in [2.05, 4.69) is 15.6 Å². The summed E-state index contributed by atoms with van der Waals surface area (Å²) in [4.78, 5) is 28.2. The summed E-state index contributed by atoms with van der Waals surface area (Å²) in [6.07, 6.45) is 2.26. The molecule has 1 aliphatic rings. The Labute approximate surface area is 184 Å². The van der Waals surface area contributed by atoms with Crippen LogP contribution >= 0.6 is 11.3 Å². The van der Waals surface area contributed by atoms with Crippen LogP contribution in [0.3, 0.4) is 0 Å². The van der Waals surface area contributed by atoms with Crippen molar-refractivity contribution in [1.29, 1.82) is 0 Å². The van der Waals surface area contributed by atoms with Crippen molar-refractivity contribution in [2.75, 3.05) is 23.8 Å². The lowest BCUT2D eigenvalue weighted by molar-refractivity contribution is -0.114. The van der Waals surface area contributed by atoms with Gasteiger partial charge in [0.25, 0.3) is 5.91 Å². The predicted molar refractivity (Wildman–Crippen MR) is 121 cm³/mol. The lowest BCUT2D eigenvalue weighted by atomic mass is 10.1. The van der Waals surface area contributed by atoms with Crippen LogP contribution in [-0.2, 0) is 9.53 Å². The lowest BCUT2D eigenvalue weighted by Crippen LogP contribution is -2.16. The second kappa shape index (κ2) is 9.72. The van der Waals surface area contributed by atoms with Crippen molar-refractivity contribution in [3.8, 4) is 17.0 Å². The molecule has 1 aromatic heterocycles. The van der Waals surface area contributed by atoms with Gasteiger partial charge in [-0.05, 0) is 49.2 Å². The maximum absolute atomic E-state index is 12.5. The molecule has 1 unspecified atom stereocenters. The van der Waals surface area contributed by atoms with E-state index in [0.717, 1.165) is 36.4 Å². The third-order valence-corrected chi connectivity index (χ3v) is 5.56. The zero-order chi connectivity index (χ0) is 21.6. The van der Waals surface area contributed by atoms with E-state index in [0.29, 0.717) is 23.1 Å². The normalized spacial score (nSPS) is 15.5. The third-order valence-electron chi connectivity index (χ3n) is 4.80. The van der Waals surface area contributed by atoms with Crippen molar-refractivity contribution in [1.82, 2.24) is 4.98 Å². The van der Waals surface area contributed by atoms with Crippen LogP contribution < -0.4 is 15.4 Å². The van der Waals surface area contributed by atoms with Crippen molar-refractivity contribution in [2.45, 2.75) is 25.9 Å². The van der Waals surface area contributed by atoms with E-state index in [4.69, 9.17) is 9.47 Å². The molecule has 160 valence electrons. The summed E-state index contributed by atoms with van der Waals surface area (Å²) >= 11 is 1.36. The number of anilines is 2. The first kappa shape index (κ1) is 21.0. The summed E-state index contributed by atoms with van der Waals surface area (Å²) in [5, 5.41) is 7.96. The summed E-state index contributed by atoms with van der Waals surface area (Å²) in [5.74, 6) is 0.368. The molecule has 2 N–H and O–H groups in total. The fourth-order valence-electron chi connectivity index (χ4n) is 3.23. The molecule has 0 radical (unpaired) electrons. The summed E-state index contributed by atoms with van der Waals surface area (Å²) in [5.41, 5.74) is 2.91. The fraction of sp³-hybridized carbons (Fsp3) is 0.261. The van der Waals surface area contributed by atoms with Crippen LogP contribution in [0.5, 0.6) is 5.75 Å². The Morgan fingerprint density at radius 1 is 1.13 bits per heavy atom. The number of nitrogens with zero attached hydrogens (tertiary/aromatic N) is 1. The minimum absolute atomic E-state index is 0.117. The van der Waals surface area contributed by atoms with Gasteiger partial charge in [0.15, 0.2) is 5.13 Å². The predicted octanol–water partition coefficient (Wildman–Crippen LogP) is 4.58. The van der Waals surface area contributed by atoms with Crippen LogP contribution in [0.15, 0.2) is 53.9 Å². The SMILES string of the molecule is CC(=O)Nc1ccc(-c2csc(NC(=O)c3ccc(OCC4CCCO4)cc3)n2)cc1. The highest BCUT2D eigenvalue weighted by Crippen LogP contribution is 2.26. The van der Waals surface area contributed by atoms with E-state index in [1.807, 2.05) is 29.6 Å². The number of carbonyl (C=O) groups is 2. The molecule has 0 saturated carbocycles. The Hall–Kier alpha value is -3.23. The van der Waals surface area contributed by atoms with Gasteiger partial charge in [0.05, 0.1) is 11.8 Å². The molecule has 7 nitrogen and oxygen atoms in total. The molecule has 1 saturated heterocycles. The Kier molecular flexibility index (Phi) is 6.59. The van der Waals surface area contributed by atoms with Crippen LogP contribution in [0.2, 0.25) is 0 Å². The highest BCUT2D eigenvalue weighted by atomic mass is 32.1. The van der Waals surface area contributed by atoms with Crippen LogP contribution in [0.4, 0.5) is 10.8 Å². The van der Waals surface area contributed by atoms with Gasteiger partial charge in [-0.15, -0.1) is 11.3 Å². The summed E-state index contributed by atoms with van der Waals surface area (Å²) in [6.45, 7) is 2.79. The number of thiazole rings is 1. The van der Waals surface area contributed by atoms with Gasteiger partial charge in [-0.2, -0.15) is 0 Å². The number of aromatic nitrogens is 1. The molecule has 8 heteroatoms. The number of rotatable bonds is 7. The Balaban J connectivity index is 1.33. The third kappa shape index (κ3) is 5.68. The van der Waals surface area contributed by atoms with Gasteiger partial charge in [-0.1, -0.05) is 12.1 Å². The van der Waals surface area contributed by atoms with Gasteiger partial charge in [0.1, 0.15) is 12.4 Å². The van der Waals surface area contributed by atoms with Crippen molar-refractivity contribution in [3.05, 3.63) is 59.5 Å². The van der Waals surface area contributed by atoms with Crippen LogP contribution in [-0.4, -0.2) is 36.1 Å². The van der Waals surface area contributed by atoms with E-state index in [1.54, 1.807) is 24.3 Å². The molecule has 2 aromatic carbocycles. The van der Waals surface area contributed by atoms with Crippen LogP contribution in [0, 0.1) is 0 Å². The van der Waals surface area contributed by atoms with Gasteiger partial charge in [0, 0.05) is 35.7 Å². The molecule has 0 spiro atoms. The average Bonchev–Trinajstić information content (AvgIpc) is 3.45. The van der Waals surface area contributed by atoms with E-state index >= 15 is 0 Å². The summed E-state index contributed by atoms with van der Waals surface area (Å²) in [6, 6.07) is 14.4. The van der Waals surface area contributed by atoms with Gasteiger partial charge in [-0.25, -0.2) is 4.98 Å². The highest BCUT2D eigenvalue weighted by molar-refractivity contribution is 7.14. The number of benzene rings is 2. The van der Waals surface area contributed by atoms with E-state index < -0.39 is 0 Å². The van der Waals surface area contributed by atoms with Gasteiger partial charge in [0.2, 0.25) is 5.91 Å². The Morgan fingerprint density at radius 2 is 1.90 bits per heavy atom. The zero-order valence-corrected chi connectivity index (χ0v) is 17.9. The summed E-state index contributed by atoms with van der Waals surface area (Å²) in [7, 11) is 0. The first-order valence-corrected chi connectivity index (χ1v) is 10.9. The van der Waals surface area contributed by atoms with Gasteiger partial charge < -0.3 is 14.8 Å².